The summed E-state index contributed by atoms with van der Waals surface area (Å²) in [5.41, 5.74) is 9.38. The van der Waals surface area contributed by atoms with Crippen LogP contribution in [0.3, 0.4) is 0 Å². The van der Waals surface area contributed by atoms with E-state index in [1.165, 1.54) is 0 Å². The lowest BCUT2D eigenvalue weighted by Gasteiger charge is -2.06. The molecular weight excluding hydrogens is 310 g/mol. The fourth-order valence-electron chi connectivity index (χ4n) is 2.31. The molecule has 0 atom stereocenters. The maximum Gasteiger partial charge on any atom is 0.221 e. The molecule has 0 spiro atoms. The van der Waals surface area contributed by atoms with E-state index < -0.39 is 0 Å². The van der Waals surface area contributed by atoms with Crippen molar-refractivity contribution in [1.29, 1.82) is 0 Å². The van der Waals surface area contributed by atoms with Gasteiger partial charge in [-0.3, -0.25) is 0 Å². The largest absolute Gasteiger partial charge is 0.481 e. The van der Waals surface area contributed by atoms with Gasteiger partial charge in [-0.25, -0.2) is 9.97 Å². The highest BCUT2D eigenvalue weighted by molar-refractivity contribution is 5.71. The van der Waals surface area contributed by atoms with Gasteiger partial charge in [0.25, 0.3) is 0 Å². The molecule has 0 amide bonds. The van der Waals surface area contributed by atoms with Gasteiger partial charge in [0, 0.05) is 5.56 Å². The number of nitrogens with zero attached hydrogens (tertiary/aromatic N) is 2. The molecule has 0 aliphatic carbocycles. The summed E-state index contributed by atoms with van der Waals surface area (Å²) in [5, 5.41) is 0. The zero-order chi connectivity index (χ0) is 17.5. The van der Waals surface area contributed by atoms with Gasteiger partial charge in [0.1, 0.15) is 12.4 Å². The quantitative estimate of drug-likeness (QED) is 0.722. The van der Waals surface area contributed by atoms with E-state index >= 15 is 0 Å². The molecule has 2 aromatic carbocycles. The monoisotopic (exact) mass is 327 g/mol. The van der Waals surface area contributed by atoms with Gasteiger partial charge in [-0.1, -0.05) is 42.3 Å². The molecule has 4 nitrogen and oxygen atoms in total. The molecule has 3 aromatic rings. The summed E-state index contributed by atoms with van der Waals surface area (Å²) in [7, 11) is 0. The first-order chi connectivity index (χ1) is 12.2. The van der Waals surface area contributed by atoms with Crippen molar-refractivity contribution in [1.82, 2.24) is 9.97 Å². The summed E-state index contributed by atoms with van der Waals surface area (Å²) in [6.45, 7) is 0.244. The molecule has 3 rings (SSSR count). The van der Waals surface area contributed by atoms with Crippen molar-refractivity contribution < 1.29 is 4.74 Å². The molecule has 0 aliphatic rings. The Morgan fingerprint density at radius 2 is 1.76 bits per heavy atom. The standard InChI is InChI=1S/C21H17N3O/c1-2-14-25-19-12-9-17(10-13-19)20-15-18(23-21(22)24-20)11-8-16-6-4-3-5-7-16/h1,3-13,15H,14H2,(H2,22,23,24)/b11-8+. The number of nitrogens with two attached hydrogens (primary N) is 1. The second-order valence-electron chi connectivity index (χ2n) is 5.30. The van der Waals surface area contributed by atoms with Crippen LogP contribution in [0.5, 0.6) is 5.75 Å². The first-order valence-electron chi connectivity index (χ1n) is 7.79. The maximum atomic E-state index is 5.86. The fourth-order valence-corrected chi connectivity index (χ4v) is 2.31. The highest BCUT2D eigenvalue weighted by atomic mass is 16.5. The molecular formula is C21H17N3O. The van der Waals surface area contributed by atoms with Gasteiger partial charge in [-0.05, 0) is 42.0 Å². The molecule has 0 aliphatic heterocycles. The molecule has 0 saturated carbocycles. The number of rotatable bonds is 5. The Kier molecular flexibility index (Phi) is 5.08. The van der Waals surface area contributed by atoms with E-state index in [-0.39, 0.29) is 12.6 Å². The van der Waals surface area contributed by atoms with E-state index in [4.69, 9.17) is 16.9 Å². The molecule has 0 unspecified atom stereocenters. The maximum absolute atomic E-state index is 5.86. The van der Waals surface area contributed by atoms with E-state index in [1.807, 2.05) is 72.8 Å². The molecule has 0 saturated heterocycles. The Balaban J connectivity index is 1.84. The Hall–Kier alpha value is -3.58. The van der Waals surface area contributed by atoms with E-state index in [0.717, 1.165) is 22.5 Å². The highest BCUT2D eigenvalue weighted by Gasteiger charge is 2.04. The number of terminal acetylenes is 1. The zero-order valence-corrected chi connectivity index (χ0v) is 13.6. The topological polar surface area (TPSA) is 61.0 Å². The molecule has 25 heavy (non-hydrogen) atoms. The van der Waals surface area contributed by atoms with Crippen LogP contribution in [-0.4, -0.2) is 16.6 Å². The first kappa shape index (κ1) is 16.3. The van der Waals surface area contributed by atoms with E-state index in [9.17, 15) is 0 Å². The van der Waals surface area contributed by atoms with Gasteiger partial charge in [-0.2, -0.15) is 0 Å². The van der Waals surface area contributed by atoms with Gasteiger partial charge in [-0.15, -0.1) is 6.42 Å². The summed E-state index contributed by atoms with van der Waals surface area (Å²) in [6.07, 6.45) is 9.10. The van der Waals surface area contributed by atoms with Crippen LogP contribution in [0.1, 0.15) is 11.3 Å². The lowest BCUT2D eigenvalue weighted by Crippen LogP contribution is -1.98. The van der Waals surface area contributed by atoms with E-state index in [1.54, 1.807) is 0 Å². The minimum Gasteiger partial charge on any atom is -0.481 e. The third-order valence-electron chi connectivity index (χ3n) is 3.48. The number of aromatic nitrogens is 2. The normalized spacial score (nSPS) is 10.5. The predicted molar refractivity (Wildman–Crippen MR) is 102 cm³/mol. The summed E-state index contributed by atoms with van der Waals surface area (Å²) in [4.78, 5) is 8.58. The minimum absolute atomic E-state index is 0.234. The molecule has 0 fully saturated rings. The average Bonchev–Trinajstić information content (AvgIpc) is 2.65. The molecule has 2 N–H and O–H groups in total. The Labute approximate surface area is 147 Å². The Morgan fingerprint density at radius 3 is 2.48 bits per heavy atom. The average molecular weight is 327 g/mol. The second-order valence-corrected chi connectivity index (χ2v) is 5.30. The summed E-state index contributed by atoms with van der Waals surface area (Å²) in [5.74, 6) is 3.39. The van der Waals surface area contributed by atoms with Crippen molar-refractivity contribution >= 4 is 18.1 Å². The van der Waals surface area contributed by atoms with Crippen LogP contribution in [0.15, 0.2) is 60.7 Å². The van der Waals surface area contributed by atoms with Gasteiger partial charge in [0.05, 0.1) is 11.4 Å². The minimum atomic E-state index is 0.234. The highest BCUT2D eigenvalue weighted by Crippen LogP contribution is 2.22. The van der Waals surface area contributed by atoms with E-state index in [2.05, 4.69) is 15.9 Å². The smallest absolute Gasteiger partial charge is 0.221 e. The fraction of sp³-hybridized carbons (Fsp3) is 0.0476. The first-order valence-corrected chi connectivity index (χ1v) is 7.79. The molecule has 0 radical (unpaired) electrons. The molecule has 1 heterocycles. The zero-order valence-electron chi connectivity index (χ0n) is 13.6. The molecule has 0 bridgehead atoms. The summed E-state index contributed by atoms with van der Waals surface area (Å²) in [6, 6.07) is 19.4. The van der Waals surface area contributed by atoms with Crippen molar-refractivity contribution in [2.24, 2.45) is 0 Å². The van der Waals surface area contributed by atoms with Gasteiger partial charge in [0.2, 0.25) is 5.95 Å². The number of benzene rings is 2. The lowest BCUT2D eigenvalue weighted by molar-refractivity contribution is 0.370. The van der Waals surface area contributed by atoms with E-state index in [0.29, 0.717) is 5.75 Å². The van der Waals surface area contributed by atoms with Crippen LogP contribution in [-0.2, 0) is 0 Å². The SMILES string of the molecule is C#CCOc1ccc(-c2cc(/C=C/c3ccccc3)nc(N)n2)cc1. The van der Waals surface area contributed by atoms with Gasteiger partial charge >= 0.3 is 0 Å². The summed E-state index contributed by atoms with van der Waals surface area (Å²) < 4.78 is 5.38. The van der Waals surface area contributed by atoms with Crippen molar-refractivity contribution in [2.45, 2.75) is 0 Å². The number of ether oxygens (including phenoxy) is 1. The van der Waals surface area contributed by atoms with Crippen molar-refractivity contribution in [3.63, 3.8) is 0 Å². The van der Waals surface area contributed by atoms with Crippen LogP contribution in [0.25, 0.3) is 23.4 Å². The molecule has 1 aromatic heterocycles. The third kappa shape index (κ3) is 4.46. The van der Waals surface area contributed by atoms with Crippen LogP contribution in [0, 0.1) is 12.3 Å². The lowest BCUT2D eigenvalue weighted by atomic mass is 10.1. The van der Waals surface area contributed by atoms with Gasteiger partial charge in [0.15, 0.2) is 0 Å². The molecule has 122 valence electrons. The number of anilines is 1. The third-order valence-corrected chi connectivity index (χ3v) is 3.48. The number of hydrogen-bond donors (Lipinski definition) is 1. The Morgan fingerprint density at radius 1 is 1.00 bits per heavy atom. The van der Waals surface area contributed by atoms with Crippen LogP contribution < -0.4 is 10.5 Å². The summed E-state index contributed by atoms with van der Waals surface area (Å²) >= 11 is 0. The number of hydrogen-bond acceptors (Lipinski definition) is 4. The van der Waals surface area contributed by atoms with Crippen molar-refractivity contribution in [3.05, 3.63) is 71.9 Å². The second kappa shape index (κ2) is 7.80. The number of nitrogen functional groups attached to an aromatic ring is 1. The van der Waals surface area contributed by atoms with Crippen LogP contribution in [0.4, 0.5) is 5.95 Å². The van der Waals surface area contributed by atoms with Crippen LogP contribution >= 0.6 is 0 Å². The van der Waals surface area contributed by atoms with Crippen LogP contribution in [0.2, 0.25) is 0 Å². The van der Waals surface area contributed by atoms with Crippen molar-refractivity contribution in [2.75, 3.05) is 12.3 Å². The molecule has 4 heteroatoms. The Bertz CT molecular complexity index is 910. The van der Waals surface area contributed by atoms with Gasteiger partial charge < -0.3 is 10.5 Å². The predicted octanol–water partition coefficient (Wildman–Crippen LogP) is 3.91. The van der Waals surface area contributed by atoms with Crippen molar-refractivity contribution in [3.8, 4) is 29.4 Å².